The van der Waals surface area contributed by atoms with Crippen molar-refractivity contribution in [2.75, 3.05) is 0 Å². The second kappa shape index (κ2) is 5.40. The number of H-pyrrole nitrogens is 1. The van der Waals surface area contributed by atoms with Gasteiger partial charge in [-0.1, -0.05) is 47.6 Å². The first kappa shape index (κ1) is 17.1. The molecular formula is C18H23N5O2. The van der Waals surface area contributed by atoms with Crippen molar-refractivity contribution in [3.05, 3.63) is 39.9 Å². The Balaban J connectivity index is 2.33. The number of nitrogens with zero attached hydrogens (tertiary/aromatic N) is 4. The minimum Gasteiger partial charge on any atom is -0.505 e. The minimum absolute atomic E-state index is 0.109. The van der Waals surface area contributed by atoms with Crippen molar-refractivity contribution in [2.24, 2.45) is 0 Å². The van der Waals surface area contributed by atoms with Crippen molar-refractivity contribution in [1.82, 2.24) is 25.0 Å². The molecule has 0 radical (unpaired) electrons. The molecule has 3 aromatic rings. The molecule has 0 spiro atoms. The number of aromatic amines is 1. The Morgan fingerprint density at radius 2 is 1.72 bits per heavy atom. The van der Waals surface area contributed by atoms with E-state index in [1.807, 2.05) is 32.9 Å². The van der Waals surface area contributed by atoms with Gasteiger partial charge in [-0.3, -0.25) is 4.79 Å². The lowest BCUT2D eigenvalue weighted by Gasteiger charge is -2.27. The van der Waals surface area contributed by atoms with Crippen LogP contribution in [0.25, 0.3) is 16.9 Å². The molecule has 0 aliphatic heterocycles. The first-order valence-corrected chi connectivity index (χ1v) is 8.17. The molecule has 2 N–H and O–H groups in total. The number of hydrogen-bond donors (Lipinski definition) is 2. The zero-order valence-electron chi connectivity index (χ0n) is 15.4. The minimum atomic E-state index is -0.362. The van der Waals surface area contributed by atoms with Gasteiger partial charge in [-0.05, 0) is 22.5 Å². The van der Waals surface area contributed by atoms with E-state index in [2.05, 4.69) is 40.9 Å². The van der Waals surface area contributed by atoms with Crippen LogP contribution < -0.4 is 5.56 Å². The lowest BCUT2D eigenvalue weighted by atomic mass is 9.80. The van der Waals surface area contributed by atoms with E-state index in [9.17, 15) is 9.90 Å². The standard InChI is InChI=1S/C18H23N5O2/c1-17(2,3)10-7-11(18(4,5)6)14(24)12(8-10)23-21-13-15(22-23)19-9-20-16(13)25/h7-9,24H,1-6H3,(H,19,20,22,25). The lowest BCUT2D eigenvalue weighted by molar-refractivity contribution is 0.438. The summed E-state index contributed by atoms with van der Waals surface area (Å²) in [4.78, 5) is 19.7. The first-order valence-electron chi connectivity index (χ1n) is 8.17. The third-order valence-corrected chi connectivity index (χ3v) is 4.17. The monoisotopic (exact) mass is 341 g/mol. The number of hydrogen-bond acceptors (Lipinski definition) is 5. The van der Waals surface area contributed by atoms with Crippen molar-refractivity contribution in [1.29, 1.82) is 0 Å². The summed E-state index contributed by atoms with van der Waals surface area (Å²) < 4.78 is 0. The van der Waals surface area contributed by atoms with E-state index in [0.717, 1.165) is 11.1 Å². The molecule has 132 valence electrons. The van der Waals surface area contributed by atoms with Gasteiger partial charge in [-0.15, -0.1) is 15.0 Å². The predicted molar refractivity (Wildman–Crippen MR) is 96.3 cm³/mol. The van der Waals surface area contributed by atoms with Crippen LogP contribution in [0.4, 0.5) is 0 Å². The van der Waals surface area contributed by atoms with Crippen LogP contribution in [0.2, 0.25) is 0 Å². The number of aromatic nitrogens is 5. The first-order chi connectivity index (χ1) is 11.5. The maximum absolute atomic E-state index is 11.9. The highest BCUT2D eigenvalue weighted by Gasteiger charge is 2.26. The molecule has 0 aliphatic carbocycles. The number of aromatic hydroxyl groups is 1. The van der Waals surface area contributed by atoms with Crippen LogP contribution in [-0.2, 0) is 10.8 Å². The van der Waals surface area contributed by atoms with E-state index < -0.39 is 0 Å². The molecule has 2 heterocycles. The summed E-state index contributed by atoms with van der Waals surface area (Å²) in [5.74, 6) is 0.109. The van der Waals surface area contributed by atoms with Gasteiger partial charge in [0.2, 0.25) is 5.65 Å². The average molecular weight is 341 g/mol. The smallest absolute Gasteiger partial charge is 0.280 e. The average Bonchev–Trinajstić information content (AvgIpc) is 2.90. The summed E-state index contributed by atoms with van der Waals surface area (Å²) in [6.45, 7) is 12.4. The number of fused-ring (bicyclic) bond motifs is 1. The van der Waals surface area contributed by atoms with Crippen LogP contribution in [0.1, 0.15) is 52.7 Å². The molecule has 7 nitrogen and oxygen atoms in total. The molecule has 25 heavy (non-hydrogen) atoms. The summed E-state index contributed by atoms with van der Waals surface area (Å²) in [6.07, 6.45) is 1.29. The Kier molecular flexibility index (Phi) is 3.70. The number of benzene rings is 1. The molecular weight excluding hydrogens is 318 g/mol. The maximum atomic E-state index is 11.9. The number of phenolic OH excluding ortho intramolecular Hbond substituents is 1. The van der Waals surface area contributed by atoms with Crippen LogP contribution >= 0.6 is 0 Å². The fourth-order valence-corrected chi connectivity index (χ4v) is 2.64. The number of phenols is 1. The highest BCUT2D eigenvalue weighted by molar-refractivity contribution is 5.68. The van der Waals surface area contributed by atoms with E-state index in [4.69, 9.17) is 0 Å². The Morgan fingerprint density at radius 1 is 1.04 bits per heavy atom. The fourth-order valence-electron chi connectivity index (χ4n) is 2.64. The predicted octanol–water partition coefficient (Wildman–Crippen LogP) is 2.80. The normalized spacial score (nSPS) is 12.7. The molecule has 0 atom stereocenters. The quantitative estimate of drug-likeness (QED) is 0.709. The van der Waals surface area contributed by atoms with E-state index in [1.54, 1.807) is 0 Å². The molecule has 0 fully saturated rings. The van der Waals surface area contributed by atoms with E-state index in [0.29, 0.717) is 5.69 Å². The van der Waals surface area contributed by atoms with Gasteiger partial charge in [0.05, 0.1) is 6.33 Å². The van der Waals surface area contributed by atoms with E-state index in [-0.39, 0.29) is 33.3 Å². The number of nitrogens with one attached hydrogen (secondary N) is 1. The topological polar surface area (TPSA) is 96.7 Å². The Labute approximate surface area is 145 Å². The Morgan fingerprint density at radius 3 is 2.28 bits per heavy atom. The molecule has 0 saturated heterocycles. The summed E-state index contributed by atoms with van der Waals surface area (Å²) in [5, 5.41) is 19.3. The van der Waals surface area contributed by atoms with Gasteiger partial charge in [0.15, 0.2) is 5.52 Å². The van der Waals surface area contributed by atoms with Crippen molar-refractivity contribution in [3.63, 3.8) is 0 Å². The molecule has 0 unspecified atom stereocenters. The van der Waals surface area contributed by atoms with Gasteiger partial charge < -0.3 is 10.1 Å². The van der Waals surface area contributed by atoms with Gasteiger partial charge in [-0.2, -0.15) is 0 Å². The zero-order chi connectivity index (χ0) is 18.6. The van der Waals surface area contributed by atoms with Crippen LogP contribution in [0, 0.1) is 0 Å². The van der Waals surface area contributed by atoms with E-state index in [1.165, 1.54) is 11.1 Å². The van der Waals surface area contributed by atoms with Gasteiger partial charge in [0.1, 0.15) is 11.4 Å². The Hall–Kier alpha value is -2.70. The third kappa shape index (κ3) is 3.01. The number of rotatable bonds is 1. The lowest BCUT2D eigenvalue weighted by Crippen LogP contribution is -2.18. The largest absolute Gasteiger partial charge is 0.505 e. The molecule has 3 rings (SSSR count). The van der Waals surface area contributed by atoms with Gasteiger partial charge in [0.25, 0.3) is 5.56 Å². The second-order valence-electron chi connectivity index (χ2n) is 8.28. The molecule has 0 aliphatic rings. The van der Waals surface area contributed by atoms with Crippen molar-refractivity contribution in [2.45, 2.75) is 52.4 Å². The highest BCUT2D eigenvalue weighted by Crippen LogP contribution is 2.38. The molecule has 1 aromatic carbocycles. The van der Waals surface area contributed by atoms with Crippen LogP contribution in [0.3, 0.4) is 0 Å². The van der Waals surface area contributed by atoms with Crippen molar-refractivity contribution < 1.29 is 5.11 Å². The van der Waals surface area contributed by atoms with Crippen molar-refractivity contribution in [3.8, 4) is 11.4 Å². The summed E-state index contributed by atoms with van der Waals surface area (Å²) in [6, 6.07) is 3.88. The molecule has 7 heteroatoms. The fraction of sp³-hybridized carbons (Fsp3) is 0.444. The molecule has 0 amide bonds. The van der Waals surface area contributed by atoms with Crippen LogP contribution in [-0.4, -0.2) is 30.1 Å². The van der Waals surface area contributed by atoms with Gasteiger partial charge in [-0.25, -0.2) is 4.98 Å². The van der Waals surface area contributed by atoms with E-state index >= 15 is 0 Å². The third-order valence-electron chi connectivity index (χ3n) is 4.17. The summed E-state index contributed by atoms with van der Waals surface area (Å²) in [7, 11) is 0. The maximum Gasteiger partial charge on any atom is 0.280 e. The van der Waals surface area contributed by atoms with Crippen molar-refractivity contribution >= 4 is 11.2 Å². The zero-order valence-corrected chi connectivity index (χ0v) is 15.4. The Bertz CT molecular complexity index is 1000. The molecule has 0 saturated carbocycles. The summed E-state index contributed by atoms with van der Waals surface area (Å²) >= 11 is 0. The second-order valence-corrected chi connectivity index (χ2v) is 8.28. The van der Waals surface area contributed by atoms with Gasteiger partial charge in [0, 0.05) is 5.56 Å². The molecule has 2 aromatic heterocycles. The SMILES string of the molecule is CC(C)(C)c1cc(-n2nc3nc[nH]c(=O)c3n2)c(O)c(C(C)(C)C)c1. The van der Waals surface area contributed by atoms with Crippen LogP contribution in [0.5, 0.6) is 5.75 Å². The van der Waals surface area contributed by atoms with Gasteiger partial charge >= 0.3 is 0 Å². The summed E-state index contributed by atoms with van der Waals surface area (Å²) in [5.41, 5.74) is 1.93. The highest BCUT2D eigenvalue weighted by atomic mass is 16.3. The van der Waals surface area contributed by atoms with Crippen LogP contribution in [0.15, 0.2) is 23.3 Å². The molecule has 0 bridgehead atoms.